The summed E-state index contributed by atoms with van der Waals surface area (Å²) in [5, 5.41) is 0.667. The van der Waals surface area contributed by atoms with Crippen molar-refractivity contribution >= 4 is 28.6 Å². The lowest BCUT2D eigenvalue weighted by atomic mass is 10.0. The minimum absolute atomic E-state index is 0.168. The molecular weight excluding hydrogens is 250 g/mol. The molecule has 1 aromatic carbocycles. The van der Waals surface area contributed by atoms with Gasteiger partial charge in [-0.1, -0.05) is 25.4 Å². The number of ether oxygens (including phenoxy) is 1. The van der Waals surface area contributed by atoms with Gasteiger partial charge in [-0.05, 0) is 24.1 Å². The number of rotatable bonds is 4. The highest BCUT2D eigenvalue weighted by atomic mass is 35.5. The molecule has 2 aromatic rings. The first kappa shape index (κ1) is 13.2. The predicted molar refractivity (Wildman–Crippen MR) is 74.9 cm³/mol. The van der Waals surface area contributed by atoms with E-state index in [0.717, 1.165) is 11.0 Å². The number of imidazole rings is 1. The molecule has 0 aliphatic heterocycles. The van der Waals surface area contributed by atoms with Crippen molar-refractivity contribution in [3.63, 3.8) is 0 Å². The Balaban J connectivity index is 2.57. The van der Waals surface area contributed by atoms with E-state index in [1.165, 1.54) is 0 Å². The molecule has 0 bridgehead atoms. The summed E-state index contributed by atoms with van der Waals surface area (Å²) >= 11 is 5.97. The maximum atomic E-state index is 6.03. The van der Waals surface area contributed by atoms with E-state index in [1.54, 1.807) is 7.11 Å². The summed E-state index contributed by atoms with van der Waals surface area (Å²) in [7, 11) is 1.70. The second-order valence-corrected chi connectivity index (χ2v) is 5.18. The molecule has 0 amide bonds. The maximum absolute atomic E-state index is 6.03. The van der Waals surface area contributed by atoms with Crippen LogP contribution >= 0.6 is 11.6 Å². The number of benzene rings is 1. The second kappa shape index (κ2) is 5.16. The Hall–Kier alpha value is -1.26. The van der Waals surface area contributed by atoms with Gasteiger partial charge in [-0.15, -0.1) is 0 Å². The predicted octanol–water partition coefficient (Wildman–Crippen LogP) is 3.12. The summed E-state index contributed by atoms with van der Waals surface area (Å²) in [5.41, 5.74) is 7.84. The van der Waals surface area contributed by atoms with Crippen LogP contribution in [0.3, 0.4) is 0 Å². The third-order valence-corrected chi connectivity index (χ3v) is 3.35. The molecule has 5 heteroatoms. The molecule has 2 N–H and O–H groups in total. The lowest BCUT2D eigenvalue weighted by Crippen LogP contribution is -2.21. The SMILES string of the molecule is COCC(C(C)C)n1c(N)nc2cc(Cl)ccc21. The Morgan fingerprint density at radius 3 is 2.78 bits per heavy atom. The summed E-state index contributed by atoms with van der Waals surface area (Å²) in [6.45, 7) is 4.89. The van der Waals surface area contributed by atoms with E-state index in [2.05, 4.69) is 18.8 Å². The van der Waals surface area contributed by atoms with Crippen LogP contribution in [-0.2, 0) is 4.74 Å². The van der Waals surface area contributed by atoms with Crippen LogP contribution in [0.25, 0.3) is 11.0 Å². The first-order valence-electron chi connectivity index (χ1n) is 5.96. The van der Waals surface area contributed by atoms with Crippen molar-refractivity contribution < 1.29 is 4.74 Å². The average molecular weight is 268 g/mol. The average Bonchev–Trinajstić information content (AvgIpc) is 2.61. The number of methoxy groups -OCH3 is 1. The summed E-state index contributed by atoms with van der Waals surface area (Å²) in [6, 6.07) is 5.80. The summed E-state index contributed by atoms with van der Waals surface area (Å²) < 4.78 is 7.31. The van der Waals surface area contributed by atoms with Crippen LogP contribution in [0.15, 0.2) is 18.2 Å². The van der Waals surface area contributed by atoms with Crippen LogP contribution in [0.2, 0.25) is 5.02 Å². The first-order chi connectivity index (χ1) is 8.54. The Morgan fingerprint density at radius 1 is 1.44 bits per heavy atom. The van der Waals surface area contributed by atoms with Gasteiger partial charge in [0.1, 0.15) is 0 Å². The van der Waals surface area contributed by atoms with Crippen LogP contribution in [0.1, 0.15) is 19.9 Å². The Morgan fingerprint density at radius 2 is 2.17 bits per heavy atom. The lowest BCUT2D eigenvalue weighted by Gasteiger charge is -2.23. The zero-order valence-corrected chi connectivity index (χ0v) is 11.6. The van der Waals surface area contributed by atoms with Gasteiger partial charge in [0.15, 0.2) is 0 Å². The Kier molecular flexibility index (Phi) is 3.78. The van der Waals surface area contributed by atoms with E-state index in [-0.39, 0.29) is 6.04 Å². The van der Waals surface area contributed by atoms with E-state index in [1.807, 2.05) is 22.8 Å². The van der Waals surface area contributed by atoms with E-state index >= 15 is 0 Å². The second-order valence-electron chi connectivity index (χ2n) is 4.74. The molecule has 2 rings (SSSR count). The van der Waals surface area contributed by atoms with Crippen LogP contribution < -0.4 is 5.73 Å². The topological polar surface area (TPSA) is 53.1 Å². The maximum Gasteiger partial charge on any atom is 0.201 e. The van der Waals surface area contributed by atoms with Gasteiger partial charge in [-0.2, -0.15) is 0 Å². The van der Waals surface area contributed by atoms with Gasteiger partial charge in [0, 0.05) is 12.1 Å². The number of aromatic nitrogens is 2. The zero-order valence-electron chi connectivity index (χ0n) is 10.9. The highest BCUT2D eigenvalue weighted by molar-refractivity contribution is 6.31. The third-order valence-electron chi connectivity index (χ3n) is 3.12. The number of nitrogen functional groups attached to an aromatic ring is 1. The van der Waals surface area contributed by atoms with Crippen molar-refractivity contribution in [2.45, 2.75) is 19.9 Å². The Bertz CT molecular complexity index is 550. The number of nitrogens with two attached hydrogens (primary N) is 1. The molecule has 0 radical (unpaired) electrons. The first-order valence-corrected chi connectivity index (χ1v) is 6.34. The molecular formula is C13H18ClN3O. The highest BCUT2D eigenvalue weighted by Gasteiger charge is 2.20. The van der Waals surface area contributed by atoms with Crippen LogP contribution in [0, 0.1) is 5.92 Å². The smallest absolute Gasteiger partial charge is 0.201 e. The quantitative estimate of drug-likeness (QED) is 0.926. The molecule has 0 saturated carbocycles. The van der Waals surface area contributed by atoms with Crippen molar-refractivity contribution in [1.82, 2.24) is 9.55 Å². The molecule has 1 atom stereocenters. The number of hydrogen-bond donors (Lipinski definition) is 1. The minimum atomic E-state index is 0.168. The van der Waals surface area contributed by atoms with Crippen molar-refractivity contribution in [3.05, 3.63) is 23.2 Å². The number of nitrogens with zero attached hydrogens (tertiary/aromatic N) is 2. The number of halogens is 1. The van der Waals surface area contributed by atoms with E-state index in [9.17, 15) is 0 Å². The monoisotopic (exact) mass is 267 g/mol. The van der Waals surface area contributed by atoms with Crippen LogP contribution in [-0.4, -0.2) is 23.3 Å². The van der Waals surface area contributed by atoms with Gasteiger partial charge >= 0.3 is 0 Å². The fraction of sp³-hybridized carbons (Fsp3) is 0.462. The molecule has 18 heavy (non-hydrogen) atoms. The normalized spacial score (nSPS) is 13.4. The fourth-order valence-corrected chi connectivity index (χ4v) is 2.34. The number of fused-ring (bicyclic) bond motifs is 1. The molecule has 1 unspecified atom stereocenters. The molecule has 4 nitrogen and oxygen atoms in total. The molecule has 0 fully saturated rings. The van der Waals surface area contributed by atoms with Crippen molar-refractivity contribution in [2.75, 3.05) is 19.5 Å². The van der Waals surface area contributed by atoms with E-state index in [4.69, 9.17) is 22.1 Å². The van der Waals surface area contributed by atoms with Crippen molar-refractivity contribution in [3.8, 4) is 0 Å². The molecule has 0 saturated heterocycles. The lowest BCUT2D eigenvalue weighted by molar-refractivity contribution is 0.136. The van der Waals surface area contributed by atoms with Crippen LogP contribution in [0.5, 0.6) is 0 Å². The summed E-state index contributed by atoms with van der Waals surface area (Å²) in [6.07, 6.45) is 0. The van der Waals surface area contributed by atoms with Crippen molar-refractivity contribution in [1.29, 1.82) is 0 Å². The molecule has 0 aliphatic carbocycles. The molecule has 0 spiro atoms. The fourth-order valence-electron chi connectivity index (χ4n) is 2.17. The number of hydrogen-bond acceptors (Lipinski definition) is 3. The van der Waals surface area contributed by atoms with Gasteiger partial charge in [-0.3, -0.25) is 0 Å². The molecule has 1 heterocycles. The molecule has 98 valence electrons. The van der Waals surface area contributed by atoms with Gasteiger partial charge in [-0.25, -0.2) is 4.98 Å². The van der Waals surface area contributed by atoms with Gasteiger partial charge in [0.25, 0.3) is 0 Å². The highest BCUT2D eigenvalue weighted by Crippen LogP contribution is 2.29. The minimum Gasteiger partial charge on any atom is -0.383 e. The van der Waals surface area contributed by atoms with Crippen LogP contribution in [0.4, 0.5) is 5.95 Å². The van der Waals surface area contributed by atoms with Crippen molar-refractivity contribution in [2.24, 2.45) is 5.92 Å². The molecule has 1 aromatic heterocycles. The van der Waals surface area contributed by atoms with Gasteiger partial charge in [0.2, 0.25) is 5.95 Å². The Labute approximate surface area is 112 Å². The number of anilines is 1. The van der Waals surface area contributed by atoms with E-state index < -0.39 is 0 Å². The molecule has 0 aliphatic rings. The summed E-state index contributed by atoms with van der Waals surface area (Å²) in [4.78, 5) is 4.36. The summed E-state index contributed by atoms with van der Waals surface area (Å²) in [5.74, 6) is 0.906. The van der Waals surface area contributed by atoms with E-state index in [0.29, 0.717) is 23.5 Å². The van der Waals surface area contributed by atoms with Gasteiger partial charge in [0.05, 0.1) is 23.7 Å². The standard InChI is InChI=1S/C13H18ClN3O/c1-8(2)12(7-18-3)17-11-5-4-9(14)6-10(11)16-13(17)15/h4-6,8,12H,7H2,1-3H3,(H2,15,16). The third kappa shape index (κ3) is 2.31. The largest absolute Gasteiger partial charge is 0.383 e. The zero-order chi connectivity index (χ0) is 13.3. The van der Waals surface area contributed by atoms with Gasteiger partial charge < -0.3 is 15.0 Å².